The van der Waals surface area contributed by atoms with Crippen molar-refractivity contribution in [2.75, 3.05) is 6.54 Å². The van der Waals surface area contributed by atoms with Crippen molar-refractivity contribution in [3.63, 3.8) is 0 Å². The van der Waals surface area contributed by atoms with Gasteiger partial charge in [-0.05, 0) is 40.5 Å². The Labute approximate surface area is 96.3 Å². The summed E-state index contributed by atoms with van der Waals surface area (Å²) in [7, 11) is 0. The van der Waals surface area contributed by atoms with Gasteiger partial charge in [0.05, 0.1) is 0 Å². The summed E-state index contributed by atoms with van der Waals surface area (Å²) in [6, 6.07) is 0. The third-order valence-electron chi connectivity index (χ3n) is 2.24. The lowest BCUT2D eigenvalue weighted by molar-refractivity contribution is -0.113. The highest BCUT2D eigenvalue weighted by atomic mass is 16.6. The molecule has 0 atom stereocenters. The molecule has 0 saturated heterocycles. The monoisotopic (exact) mass is 225 g/mol. The van der Waals surface area contributed by atoms with Crippen LogP contribution >= 0.6 is 0 Å². The van der Waals surface area contributed by atoms with Gasteiger partial charge in [0.25, 0.3) is 0 Å². The second-order valence-electron chi connectivity index (χ2n) is 4.99. The zero-order chi connectivity index (χ0) is 12.3. The van der Waals surface area contributed by atoms with Crippen molar-refractivity contribution < 1.29 is 14.3 Å². The second kappa shape index (κ2) is 4.68. The smallest absolute Gasteiger partial charge is 0.414 e. The number of carbonyl (C=O) groups is 2. The Bertz CT molecular complexity index is 326. The number of carbonyl (C=O) groups excluding carboxylic acids is 2. The summed E-state index contributed by atoms with van der Waals surface area (Å²) in [5.74, 6) is 0.0215. The van der Waals surface area contributed by atoms with E-state index < -0.39 is 5.60 Å². The molecule has 0 aromatic rings. The van der Waals surface area contributed by atoms with Gasteiger partial charge in [-0.1, -0.05) is 0 Å². The zero-order valence-electron chi connectivity index (χ0n) is 10.4. The van der Waals surface area contributed by atoms with E-state index in [9.17, 15) is 9.59 Å². The number of rotatable bonds is 1. The third kappa shape index (κ3) is 3.68. The first-order valence-corrected chi connectivity index (χ1v) is 5.51. The quantitative estimate of drug-likeness (QED) is 0.688. The fourth-order valence-electron chi connectivity index (χ4n) is 1.49. The Morgan fingerprint density at radius 1 is 1.38 bits per heavy atom. The minimum atomic E-state index is -0.501. The maximum absolute atomic E-state index is 11.7. The van der Waals surface area contributed by atoms with Crippen LogP contribution in [-0.4, -0.2) is 28.9 Å². The van der Waals surface area contributed by atoms with Crippen LogP contribution in [0.4, 0.5) is 4.79 Å². The summed E-state index contributed by atoms with van der Waals surface area (Å²) < 4.78 is 5.24. The van der Waals surface area contributed by atoms with Gasteiger partial charge in [-0.3, -0.25) is 9.69 Å². The van der Waals surface area contributed by atoms with Gasteiger partial charge < -0.3 is 4.74 Å². The molecule has 0 spiro atoms. The van der Waals surface area contributed by atoms with Crippen LogP contribution in [0.3, 0.4) is 0 Å². The topological polar surface area (TPSA) is 46.6 Å². The largest absolute Gasteiger partial charge is 0.443 e. The summed E-state index contributed by atoms with van der Waals surface area (Å²) in [5.41, 5.74) is 0.191. The van der Waals surface area contributed by atoms with Crippen LogP contribution in [0.2, 0.25) is 0 Å². The van der Waals surface area contributed by atoms with E-state index in [0.29, 0.717) is 12.1 Å². The molecule has 1 rings (SSSR count). The molecule has 0 N–H and O–H groups in total. The van der Waals surface area contributed by atoms with Crippen molar-refractivity contribution in [3.8, 4) is 0 Å². The molecule has 90 valence electrons. The highest BCUT2D eigenvalue weighted by molar-refractivity contribution is 5.93. The van der Waals surface area contributed by atoms with E-state index in [0.717, 1.165) is 12.8 Å². The molecule has 0 radical (unpaired) electrons. The summed E-state index contributed by atoms with van der Waals surface area (Å²) in [5, 5.41) is 0. The predicted octanol–water partition coefficient (Wildman–Crippen LogP) is 2.49. The van der Waals surface area contributed by atoms with E-state index in [2.05, 4.69) is 0 Å². The maximum Gasteiger partial charge on any atom is 0.414 e. The minimum Gasteiger partial charge on any atom is -0.443 e. The molecule has 1 heterocycles. The van der Waals surface area contributed by atoms with Gasteiger partial charge in [0, 0.05) is 18.3 Å². The first-order chi connectivity index (χ1) is 7.29. The SMILES string of the molecule is CC(=O)C1=CN(C(=O)OC(C)(C)C)CCC1. The standard InChI is InChI=1S/C12H19NO3/c1-9(14)10-6-5-7-13(8-10)11(15)16-12(2,3)4/h8H,5-7H2,1-4H3. The minimum absolute atomic E-state index is 0.0215. The van der Waals surface area contributed by atoms with Gasteiger partial charge in [-0.15, -0.1) is 0 Å². The van der Waals surface area contributed by atoms with Crippen molar-refractivity contribution in [3.05, 3.63) is 11.8 Å². The molecule has 0 aromatic heterocycles. The van der Waals surface area contributed by atoms with E-state index in [-0.39, 0.29) is 11.9 Å². The van der Waals surface area contributed by atoms with Crippen molar-refractivity contribution in [2.45, 2.75) is 46.1 Å². The Morgan fingerprint density at radius 3 is 2.50 bits per heavy atom. The summed E-state index contributed by atoms with van der Waals surface area (Å²) >= 11 is 0. The van der Waals surface area contributed by atoms with Crippen molar-refractivity contribution in [1.82, 2.24) is 4.90 Å². The van der Waals surface area contributed by atoms with Gasteiger partial charge in [0.15, 0.2) is 5.78 Å². The van der Waals surface area contributed by atoms with Gasteiger partial charge in [-0.2, -0.15) is 0 Å². The summed E-state index contributed by atoms with van der Waals surface area (Å²) in [6.45, 7) is 7.61. The molecule has 16 heavy (non-hydrogen) atoms. The normalized spacial score (nSPS) is 16.8. The van der Waals surface area contributed by atoms with Crippen molar-refractivity contribution >= 4 is 11.9 Å². The lowest BCUT2D eigenvalue weighted by Crippen LogP contribution is -2.36. The highest BCUT2D eigenvalue weighted by Gasteiger charge is 2.23. The maximum atomic E-state index is 11.7. The predicted molar refractivity (Wildman–Crippen MR) is 60.9 cm³/mol. The molecule has 0 fully saturated rings. The molecule has 0 bridgehead atoms. The van der Waals surface area contributed by atoms with Crippen LogP contribution in [-0.2, 0) is 9.53 Å². The molecule has 0 unspecified atom stereocenters. The molecule has 1 aliphatic rings. The molecular weight excluding hydrogens is 206 g/mol. The number of ether oxygens (including phenoxy) is 1. The van der Waals surface area contributed by atoms with Gasteiger partial charge >= 0.3 is 6.09 Å². The summed E-state index contributed by atoms with van der Waals surface area (Å²) in [4.78, 5) is 24.4. The number of amides is 1. The van der Waals surface area contributed by atoms with Crippen LogP contribution in [0.5, 0.6) is 0 Å². The Kier molecular flexibility index (Phi) is 3.73. The first kappa shape index (κ1) is 12.7. The van der Waals surface area contributed by atoms with Crippen LogP contribution in [0.1, 0.15) is 40.5 Å². The Hall–Kier alpha value is -1.32. The van der Waals surface area contributed by atoms with E-state index in [1.807, 2.05) is 20.8 Å². The fourth-order valence-corrected chi connectivity index (χ4v) is 1.49. The number of allylic oxidation sites excluding steroid dienone is 1. The van der Waals surface area contributed by atoms with E-state index >= 15 is 0 Å². The molecule has 1 amide bonds. The Balaban J connectivity index is 2.70. The zero-order valence-corrected chi connectivity index (χ0v) is 10.4. The Morgan fingerprint density at radius 2 is 2.00 bits per heavy atom. The number of hydrogen-bond donors (Lipinski definition) is 0. The van der Waals surface area contributed by atoms with E-state index in [1.54, 1.807) is 6.20 Å². The number of ketones is 1. The average molecular weight is 225 g/mol. The number of hydrogen-bond acceptors (Lipinski definition) is 3. The van der Waals surface area contributed by atoms with E-state index in [4.69, 9.17) is 4.74 Å². The fraction of sp³-hybridized carbons (Fsp3) is 0.667. The van der Waals surface area contributed by atoms with Gasteiger partial charge in [-0.25, -0.2) is 4.79 Å². The molecule has 1 aliphatic heterocycles. The van der Waals surface area contributed by atoms with Crippen molar-refractivity contribution in [2.24, 2.45) is 0 Å². The molecule has 4 heteroatoms. The van der Waals surface area contributed by atoms with Crippen LogP contribution < -0.4 is 0 Å². The van der Waals surface area contributed by atoms with Gasteiger partial charge in [0.2, 0.25) is 0 Å². The lowest BCUT2D eigenvalue weighted by atomic mass is 10.0. The molecule has 0 aliphatic carbocycles. The average Bonchev–Trinajstić information content (AvgIpc) is 2.15. The van der Waals surface area contributed by atoms with E-state index in [1.165, 1.54) is 11.8 Å². The molecule has 4 nitrogen and oxygen atoms in total. The second-order valence-corrected chi connectivity index (χ2v) is 4.99. The number of Topliss-reactive ketones (excluding diaryl/α,β-unsaturated/α-hetero) is 1. The van der Waals surface area contributed by atoms with Crippen LogP contribution in [0.25, 0.3) is 0 Å². The molecular formula is C12H19NO3. The van der Waals surface area contributed by atoms with Crippen LogP contribution in [0, 0.1) is 0 Å². The molecule has 0 aromatic carbocycles. The highest BCUT2D eigenvalue weighted by Crippen LogP contribution is 2.18. The number of nitrogens with zero attached hydrogens (tertiary/aromatic N) is 1. The van der Waals surface area contributed by atoms with Gasteiger partial charge in [0.1, 0.15) is 5.60 Å². The third-order valence-corrected chi connectivity index (χ3v) is 2.24. The molecule has 0 saturated carbocycles. The van der Waals surface area contributed by atoms with Crippen LogP contribution in [0.15, 0.2) is 11.8 Å². The lowest BCUT2D eigenvalue weighted by Gasteiger charge is -2.27. The first-order valence-electron chi connectivity index (χ1n) is 5.51. The van der Waals surface area contributed by atoms with Crippen molar-refractivity contribution in [1.29, 1.82) is 0 Å². The summed E-state index contributed by atoms with van der Waals surface area (Å²) in [6.07, 6.45) is 2.78.